The molecule has 4 heteroatoms. The van der Waals surface area contributed by atoms with Crippen molar-refractivity contribution in [3.63, 3.8) is 0 Å². The molecule has 1 aliphatic carbocycles. The number of carbonyl (C=O) groups excluding carboxylic acids is 1. The smallest absolute Gasteiger partial charge is 0.253 e. The lowest BCUT2D eigenvalue weighted by Gasteiger charge is -2.11. The van der Waals surface area contributed by atoms with Gasteiger partial charge in [-0.1, -0.05) is 31.7 Å². The van der Waals surface area contributed by atoms with Gasteiger partial charge >= 0.3 is 0 Å². The summed E-state index contributed by atoms with van der Waals surface area (Å²) in [7, 11) is 1.55. The lowest BCUT2D eigenvalue weighted by atomic mass is 10.0. The molecular formula is C16H24N2O2. The quantitative estimate of drug-likeness (QED) is 0.620. The molecule has 1 amide bonds. The van der Waals surface area contributed by atoms with Crippen molar-refractivity contribution in [3.8, 4) is 5.75 Å². The Labute approximate surface area is 120 Å². The third-order valence-corrected chi connectivity index (χ3v) is 4.08. The van der Waals surface area contributed by atoms with Crippen molar-refractivity contribution in [1.29, 1.82) is 0 Å². The second-order valence-corrected chi connectivity index (χ2v) is 5.47. The topological polar surface area (TPSA) is 64.3 Å². The second-order valence-electron chi connectivity index (χ2n) is 5.47. The minimum Gasteiger partial charge on any atom is -0.495 e. The monoisotopic (exact) mass is 276 g/mol. The predicted molar refractivity (Wildman–Crippen MR) is 80.9 cm³/mol. The van der Waals surface area contributed by atoms with Gasteiger partial charge in [-0.2, -0.15) is 0 Å². The van der Waals surface area contributed by atoms with Crippen molar-refractivity contribution in [2.45, 2.75) is 38.5 Å². The van der Waals surface area contributed by atoms with Crippen molar-refractivity contribution in [2.75, 3.05) is 19.4 Å². The molecule has 0 heterocycles. The molecule has 4 nitrogen and oxygen atoms in total. The fraction of sp³-hybridized carbons (Fsp3) is 0.562. The highest BCUT2D eigenvalue weighted by molar-refractivity contribution is 6.00. The van der Waals surface area contributed by atoms with Crippen LogP contribution >= 0.6 is 0 Å². The molecule has 1 aromatic rings. The third kappa shape index (κ3) is 3.65. The Hall–Kier alpha value is -1.71. The summed E-state index contributed by atoms with van der Waals surface area (Å²) in [6.07, 6.45) is 7.72. The maximum absolute atomic E-state index is 12.1. The van der Waals surface area contributed by atoms with Crippen LogP contribution in [0.1, 0.15) is 48.9 Å². The fourth-order valence-corrected chi connectivity index (χ4v) is 2.91. The number of nitrogens with two attached hydrogens (primary N) is 1. The number of anilines is 1. The molecule has 1 aromatic carbocycles. The van der Waals surface area contributed by atoms with Crippen LogP contribution in [0.4, 0.5) is 5.69 Å². The van der Waals surface area contributed by atoms with Crippen molar-refractivity contribution < 1.29 is 9.53 Å². The van der Waals surface area contributed by atoms with E-state index in [1.54, 1.807) is 25.3 Å². The van der Waals surface area contributed by atoms with E-state index in [2.05, 4.69) is 5.32 Å². The molecular weight excluding hydrogens is 252 g/mol. The Morgan fingerprint density at radius 3 is 2.85 bits per heavy atom. The van der Waals surface area contributed by atoms with E-state index in [-0.39, 0.29) is 5.91 Å². The number of para-hydroxylation sites is 1. The number of nitrogens with one attached hydrogen (secondary N) is 1. The molecule has 0 aliphatic heterocycles. The number of hydrogen-bond donors (Lipinski definition) is 2. The van der Waals surface area contributed by atoms with Gasteiger partial charge in [-0.3, -0.25) is 4.79 Å². The molecule has 3 N–H and O–H groups in total. The van der Waals surface area contributed by atoms with Gasteiger partial charge in [0.05, 0.1) is 18.4 Å². The standard InChI is InChI=1S/C16H24N2O2/c1-20-14-10-4-9-13(15(14)17)16(19)18-11-5-8-12-6-2-3-7-12/h4,9-10,12H,2-3,5-8,11,17H2,1H3,(H,18,19). The van der Waals surface area contributed by atoms with Crippen molar-refractivity contribution in [2.24, 2.45) is 5.92 Å². The van der Waals surface area contributed by atoms with Crippen LogP contribution in [0.3, 0.4) is 0 Å². The summed E-state index contributed by atoms with van der Waals surface area (Å²) >= 11 is 0. The first-order chi connectivity index (χ1) is 9.72. The molecule has 0 atom stereocenters. The van der Waals surface area contributed by atoms with Crippen LogP contribution in [-0.4, -0.2) is 19.6 Å². The summed E-state index contributed by atoms with van der Waals surface area (Å²) in [6, 6.07) is 5.26. The van der Waals surface area contributed by atoms with E-state index in [1.807, 2.05) is 0 Å². The molecule has 1 saturated carbocycles. The van der Waals surface area contributed by atoms with Gasteiger partial charge in [0.25, 0.3) is 5.91 Å². The van der Waals surface area contributed by atoms with E-state index < -0.39 is 0 Å². The summed E-state index contributed by atoms with van der Waals surface area (Å²) in [5, 5.41) is 2.94. The van der Waals surface area contributed by atoms with Gasteiger partial charge in [-0.15, -0.1) is 0 Å². The minimum absolute atomic E-state index is 0.118. The Kier molecular flexibility index (Phi) is 5.27. The number of rotatable bonds is 6. The average Bonchev–Trinajstić information content (AvgIpc) is 2.97. The normalized spacial score (nSPS) is 15.2. The van der Waals surface area contributed by atoms with Crippen LogP contribution < -0.4 is 15.8 Å². The molecule has 2 rings (SSSR count). The van der Waals surface area contributed by atoms with Crippen molar-refractivity contribution in [3.05, 3.63) is 23.8 Å². The Morgan fingerprint density at radius 2 is 2.15 bits per heavy atom. The van der Waals surface area contributed by atoms with E-state index in [0.717, 1.165) is 12.3 Å². The van der Waals surface area contributed by atoms with Crippen molar-refractivity contribution in [1.82, 2.24) is 5.32 Å². The van der Waals surface area contributed by atoms with Crippen molar-refractivity contribution >= 4 is 11.6 Å². The zero-order chi connectivity index (χ0) is 14.4. The van der Waals surface area contributed by atoms with Gasteiger partial charge in [-0.05, 0) is 30.9 Å². The molecule has 0 saturated heterocycles. The fourth-order valence-electron chi connectivity index (χ4n) is 2.91. The summed E-state index contributed by atoms with van der Waals surface area (Å²) < 4.78 is 5.12. The summed E-state index contributed by atoms with van der Waals surface area (Å²) in [5.74, 6) is 1.30. The largest absolute Gasteiger partial charge is 0.495 e. The van der Waals surface area contributed by atoms with Crippen LogP contribution in [0.15, 0.2) is 18.2 Å². The predicted octanol–water partition coefficient (Wildman–Crippen LogP) is 2.98. The number of ether oxygens (including phenoxy) is 1. The van der Waals surface area contributed by atoms with E-state index in [9.17, 15) is 4.79 Å². The first kappa shape index (κ1) is 14.7. The molecule has 0 unspecified atom stereocenters. The summed E-state index contributed by atoms with van der Waals surface area (Å²) in [5.41, 5.74) is 6.81. The van der Waals surface area contributed by atoms with E-state index >= 15 is 0 Å². The molecule has 0 aromatic heterocycles. The van der Waals surface area contributed by atoms with E-state index in [1.165, 1.54) is 32.1 Å². The molecule has 1 aliphatic rings. The first-order valence-electron chi connectivity index (χ1n) is 7.43. The van der Waals surface area contributed by atoms with E-state index in [4.69, 9.17) is 10.5 Å². The number of carbonyl (C=O) groups is 1. The maximum atomic E-state index is 12.1. The lowest BCUT2D eigenvalue weighted by Crippen LogP contribution is -2.25. The molecule has 1 fully saturated rings. The van der Waals surface area contributed by atoms with Gasteiger partial charge in [0.15, 0.2) is 0 Å². The highest BCUT2D eigenvalue weighted by Crippen LogP contribution is 2.28. The summed E-state index contributed by atoms with van der Waals surface area (Å²) in [6.45, 7) is 0.714. The Bertz CT molecular complexity index is 454. The van der Waals surface area contributed by atoms with Gasteiger partial charge in [-0.25, -0.2) is 0 Å². The molecule has 20 heavy (non-hydrogen) atoms. The number of benzene rings is 1. The van der Waals surface area contributed by atoms with Gasteiger partial charge in [0, 0.05) is 6.54 Å². The maximum Gasteiger partial charge on any atom is 0.253 e. The SMILES string of the molecule is COc1cccc(C(=O)NCCCC2CCCC2)c1N. The third-order valence-electron chi connectivity index (χ3n) is 4.08. The Balaban J connectivity index is 1.79. The van der Waals surface area contributed by atoms with Crippen LogP contribution in [0, 0.1) is 5.92 Å². The highest BCUT2D eigenvalue weighted by Gasteiger charge is 2.15. The number of methoxy groups -OCH3 is 1. The number of hydrogen-bond acceptors (Lipinski definition) is 3. The highest BCUT2D eigenvalue weighted by atomic mass is 16.5. The average molecular weight is 276 g/mol. The molecule has 0 spiro atoms. The number of nitrogen functional groups attached to an aromatic ring is 1. The zero-order valence-corrected chi connectivity index (χ0v) is 12.2. The van der Waals surface area contributed by atoms with Crippen LogP contribution in [0.5, 0.6) is 5.75 Å². The lowest BCUT2D eigenvalue weighted by molar-refractivity contribution is 0.0953. The first-order valence-corrected chi connectivity index (χ1v) is 7.43. The molecule has 110 valence electrons. The molecule has 0 radical (unpaired) electrons. The molecule has 0 bridgehead atoms. The zero-order valence-electron chi connectivity index (χ0n) is 12.2. The van der Waals surface area contributed by atoms with Gasteiger partial charge in [0.1, 0.15) is 5.75 Å². The van der Waals surface area contributed by atoms with Crippen LogP contribution in [-0.2, 0) is 0 Å². The van der Waals surface area contributed by atoms with E-state index in [0.29, 0.717) is 23.5 Å². The van der Waals surface area contributed by atoms with Gasteiger partial charge < -0.3 is 15.8 Å². The Morgan fingerprint density at radius 1 is 1.40 bits per heavy atom. The van der Waals surface area contributed by atoms with Crippen LogP contribution in [0.25, 0.3) is 0 Å². The number of amides is 1. The summed E-state index contributed by atoms with van der Waals surface area (Å²) in [4.78, 5) is 12.1. The second kappa shape index (κ2) is 7.17. The minimum atomic E-state index is -0.118. The van der Waals surface area contributed by atoms with Crippen LogP contribution in [0.2, 0.25) is 0 Å². The van der Waals surface area contributed by atoms with Gasteiger partial charge in [0.2, 0.25) is 0 Å².